The van der Waals surface area contributed by atoms with Crippen LogP contribution in [0.4, 0.5) is 10.6 Å². The van der Waals surface area contributed by atoms with Gasteiger partial charge in [0.25, 0.3) is 0 Å². The molecule has 0 spiro atoms. The van der Waals surface area contributed by atoms with E-state index in [2.05, 4.69) is 15.0 Å². The zero-order valence-electron chi connectivity index (χ0n) is 24.5. The number of carbonyl (C=O) groups excluding carboxylic acids is 2. The van der Waals surface area contributed by atoms with E-state index in [1.165, 1.54) is 0 Å². The van der Waals surface area contributed by atoms with Gasteiger partial charge in [0.2, 0.25) is 11.8 Å². The lowest BCUT2D eigenvalue weighted by Gasteiger charge is -2.35. The van der Waals surface area contributed by atoms with E-state index in [0.717, 1.165) is 41.0 Å². The van der Waals surface area contributed by atoms with E-state index >= 15 is 0 Å². The van der Waals surface area contributed by atoms with E-state index < -0.39 is 6.10 Å². The maximum Gasteiger partial charge on any atom is 0.410 e. The number of hydrogen-bond donors (Lipinski definition) is 0. The first-order valence-electron chi connectivity index (χ1n) is 15.2. The molecule has 0 radical (unpaired) electrons. The summed E-state index contributed by atoms with van der Waals surface area (Å²) in [6.45, 7) is 4.02. The molecule has 3 aliphatic rings. The number of ether oxygens (including phenoxy) is 3. The zero-order chi connectivity index (χ0) is 29.9. The van der Waals surface area contributed by atoms with Gasteiger partial charge in [0.05, 0.1) is 37.9 Å². The first-order chi connectivity index (χ1) is 21.6. The summed E-state index contributed by atoms with van der Waals surface area (Å²) in [4.78, 5) is 40.4. The maximum atomic E-state index is 13.0. The number of carbonyl (C=O) groups is 2. The van der Waals surface area contributed by atoms with Crippen LogP contribution in [0.2, 0.25) is 0 Å². The normalized spacial score (nSPS) is 18.7. The molecule has 228 valence electrons. The number of piperazine rings is 1. The van der Waals surface area contributed by atoms with Crippen LogP contribution in [-0.4, -0.2) is 99.5 Å². The molecule has 1 atom stereocenters. The number of likely N-dealkylation sites (tertiary alicyclic amines) is 1. The van der Waals surface area contributed by atoms with Crippen LogP contribution in [-0.2, 0) is 20.9 Å². The lowest BCUT2D eigenvalue weighted by Crippen LogP contribution is -2.49. The molecule has 12 nitrogen and oxygen atoms in total. The van der Waals surface area contributed by atoms with E-state index in [1.807, 2.05) is 54.7 Å². The standard InChI is InChI=1S/C32H35N7O5/c40-29-19-25(21-38(29)17-18-42-22-23-5-2-1-3-6-23)44-32(41)37-15-13-36(14-16-37)28-10-12-39-30(35-28)27(20-34-39)26-7-4-11-33-31(26)43-24-8-9-24/h1-7,10-12,20,24-25H,8-9,13-19,21-22H2/t25-/m0/s1. The molecular weight excluding hydrogens is 562 g/mol. The van der Waals surface area contributed by atoms with Crippen molar-refractivity contribution in [3.63, 3.8) is 0 Å². The Morgan fingerprint density at radius 3 is 2.61 bits per heavy atom. The monoisotopic (exact) mass is 597 g/mol. The predicted octanol–water partition coefficient (Wildman–Crippen LogP) is 3.41. The van der Waals surface area contributed by atoms with Gasteiger partial charge in [-0.15, -0.1) is 0 Å². The maximum absolute atomic E-state index is 13.0. The molecule has 12 heteroatoms. The van der Waals surface area contributed by atoms with Crippen LogP contribution < -0.4 is 9.64 Å². The summed E-state index contributed by atoms with van der Waals surface area (Å²) >= 11 is 0. The second-order valence-corrected chi connectivity index (χ2v) is 11.3. The Bertz CT molecular complexity index is 1620. The minimum atomic E-state index is -0.451. The zero-order valence-corrected chi connectivity index (χ0v) is 24.5. The number of amides is 2. The van der Waals surface area contributed by atoms with Crippen molar-refractivity contribution in [2.75, 3.05) is 50.8 Å². The van der Waals surface area contributed by atoms with Crippen molar-refractivity contribution in [2.45, 2.75) is 38.1 Å². The molecule has 1 aliphatic carbocycles. The van der Waals surface area contributed by atoms with E-state index in [9.17, 15) is 9.59 Å². The van der Waals surface area contributed by atoms with Crippen molar-refractivity contribution in [1.29, 1.82) is 0 Å². The molecule has 2 amide bonds. The SMILES string of the molecule is O=C1C[C@H](OC(=O)N2CCN(c3ccn4ncc(-c5cccnc5OC5CC5)c4n3)CC2)CN1CCOCc1ccccc1. The predicted molar refractivity (Wildman–Crippen MR) is 161 cm³/mol. The van der Waals surface area contributed by atoms with Crippen molar-refractivity contribution in [2.24, 2.45) is 0 Å². The lowest BCUT2D eigenvalue weighted by molar-refractivity contribution is -0.128. The Kier molecular flexibility index (Phi) is 7.97. The quantitative estimate of drug-likeness (QED) is 0.254. The number of aromatic nitrogens is 4. The molecule has 1 aromatic carbocycles. The fourth-order valence-electron chi connectivity index (χ4n) is 5.56. The van der Waals surface area contributed by atoms with Gasteiger partial charge in [0.15, 0.2) is 5.65 Å². The number of nitrogens with zero attached hydrogens (tertiary/aromatic N) is 7. The second-order valence-electron chi connectivity index (χ2n) is 11.3. The van der Waals surface area contributed by atoms with Crippen LogP contribution >= 0.6 is 0 Å². The molecular formula is C32H35N7O5. The summed E-state index contributed by atoms with van der Waals surface area (Å²) in [6, 6.07) is 15.7. The van der Waals surface area contributed by atoms with Gasteiger partial charge >= 0.3 is 6.09 Å². The molecule has 0 bridgehead atoms. The second kappa shape index (κ2) is 12.5. The first-order valence-corrected chi connectivity index (χ1v) is 15.2. The van der Waals surface area contributed by atoms with Crippen molar-refractivity contribution in [3.8, 4) is 17.0 Å². The van der Waals surface area contributed by atoms with Gasteiger partial charge < -0.3 is 28.9 Å². The van der Waals surface area contributed by atoms with Gasteiger partial charge in [-0.05, 0) is 36.6 Å². The van der Waals surface area contributed by atoms with Crippen LogP contribution in [0.5, 0.6) is 5.88 Å². The van der Waals surface area contributed by atoms with Crippen molar-refractivity contribution >= 4 is 23.5 Å². The number of anilines is 1. The molecule has 2 aliphatic heterocycles. The fourth-order valence-corrected chi connectivity index (χ4v) is 5.56. The highest BCUT2D eigenvalue weighted by Gasteiger charge is 2.34. The summed E-state index contributed by atoms with van der Waals surface area (Å²) < 4.78 is 19.3. The average molecular weight is 598 g/mol. The third kappa shape index (κ3) is 6.30. The van der Waals surface area contributed by atoms with Gasteiger partial charge in [0.1, 0.15) is 18.0 Å². The minimum Gasteiger partial charge on any atom is -0.474 e. The molecule has 4 aromatic rings. The van der Waals surface area contributed by atoms with Crippen molar-refractivity contribution in [3.05, 3.63) is 72.7 Å². The van der Waals surface area contributed by atoms with Gasteiger partial charge in [0, 0.05) is 50.7 Å². The number of fused-ring (bicyclic) bond motifs is 1. The van der Waals surface area contributed by atoms with Gasteiger partial charge in [-0.3, -0.25) is 4.79 Å². The average Bonchev–Trinajstić information content (AvgIpc) is 3.67. The van der Waals surface area contributed by atoms with E-state index in [4.69, 9.17) is 19.2 Å². The molecule has 3 fully saturated rings. The molecule has 7 rings (SSSR count). The highest BCUT2D eigenvalue weighted by Crippen LogP contribution is 2.35. The largest absolute Gasteiger partial charge is 0.474 e. The number of rotatable bonds is 10. The first kappa shape index (κ1) is 28.1. The highest BCUT2D eigenvalue weighted by molar-refractivity contribution is 5.81. The molecule has 5 heterocycles. The van der Waals surface area contributed by atoms with E-state index in [1.54, 1.807) is 26.7 Å². The van der Waals surface area contributed by atoms with Crippen LogP contribution in [0.15, 0.2) is 67.1 Å². The molecule has 0 unspecified atom stereocenters. The van der Waals surface area contributed by atoms with Crippen LogP contribution in [0.3, 0.4) is 0 Å². The van der Waals surface area contributed by atoms with Gasteiger partial charge in [-0.25, -0.2) is 19.3 Å². The molecule has 2 saturated heterocycles. The Morgan fingerprint density at radius 1 is 0.955 bits per heavy atom. The number of benzene rings is 1. The minimum absolute atomic E-state index is 0.0193. The Hall–Kier alpha value is -4.71. The summed E-state index contributed by atoms with van der Waals surface area (Å²) in [5.74, 6) is 1.40. The van der Waals surface area contributed by atoms with E-state index in [-0.39, 0.29) is 24.5 Å². The third-order valence-electron chi connectivity index (χ3n) is 8.14. The molecule has 44 heavy (non-hydrogen) atoms. The van der Waals surface area contributed by atoms with Crippen molar-refractivity contribution < 1.29 is 23.8 Å². The van der Waals surface area contributed by atoms with Crippen molar-refractivity contribution in [1.82, 2.24) is 29.4 Å². The lowest BCUT2D eigenvalue weighted by atomic mass is 10.1. The smallest absolute Gasteiger partial charge is 0.410 e. The van der Waals surface area contributed by atoms with Crippen LogP contribution in [0.1, 0.15) is 24.8 Å². The Morgan fingerprint density at radius 2 is 1.80 bits per heavy atom. The van der Waals surface area contributed by atoms with Gasteiger partial charge in [-0.2, -0.15) is 5.10 Å². The Labute approximate surface area is 255 Å². The van der Waals surface area contributed by atoms with Crippen LogP contribution in [0, 0.1) is 0 Å². The fraction of sp³-hybridized carbons (Fsp3) is 0.406. The number of pyridine rings is 1. The highest BCUT2D eigenvalue weighted by atomic mass is 16.6. The summed E-state index contributed by atoms with van der Waals surface area (Å²) in [5, 5.41) is 4.49. The van der Waals surface area contributed by atoms with E-state index in [0.29, 0.717) is 58.4 Å². The summed E-state index contributed by atoms with van der Waals surface area (Å²) in [5.41, 5.74) is 3.54. The third-order valence-corrected chi connectivity index (χ3v) is 8.14. The molecule has 1 saturated carbocycles. The topological polar surface area (TPSA) is 115 Å². The summed E-state index contributed by atoms with van der Waals surface area (Å²) in [7, 11) is 0. The van der Waals surface area contributed by atoms with Crippen LogP contribution in [0.25, 0.3) is 16.8 Å². The molecule has 3 aromatic heterocycles. The molecule has 0 N–H and O–H groups in total. The Balaban J connectivity index is 0.912. The van der Waals surface area contributed by atoms with Gasteiger partial charge in [-0.1, -0.05) is 30.3 Å². The summed E-state index contributed by atoms with van der Waals surface area (Å²) in [6.07, 6.45) is 7.13. The number of hydrogen-bond acceptors (Lipinski definition) is 9.